The Morgan fingerprint density at radius 2 is 2.05 bits per heavy atom. The SMILES string of the molecule is CC(C)c1c2n(c(=O)n(CCCCCl)c1=O)CCCS2. The number of thioether (sulfide) groups is 1. The van der Waals surface area contributed by atoms with Crippen LogP contribution in [-0.2, 0) is 13.1 Å². The Labute approximate surface area is 128 Å². The van der Waals surface area contributed by atoms with Gasteiger partial charge in [0.25, 0.3) is 5.56 Å². The maximum absolute atomic E-state index is 12.6. The van der Waals surface area contributed by atoms with Crippen molar-refractivity contribution in [2.24, 2.45) is 0 Å². The maximum atomic E-state index is 12.6. The lowest BCUT2D eigenvalue weighted by Crippen LogP contribution is -2.44. The first kappa shape index (κ1) is 15.7. The number of hydrogen-bond acceptors (Lipinski definition) is 3. The molecule has 0 saturated carbocycles. The molecule has 4 nitrogen and oxygen atoms in total. The van der Waals surface area contributed by atoms with Gasteiger partial charge in [0.1, 0.15) is 0 Å². The Bertz CT molecular complexity index is 592. The molecule has 0 aromatic carbocycles. The van der Waals surface area contributed by atoms with Crippen LogP contribution in [0.25, 0.3) is 0 Å². The Kier molecular flexibility index (Phi) is 5.38. The molecular formula is C14H21ClN2O2S. The number of unbranched alkanes of at least 4 members (excludes halogenated alkanes) is 1. The van der Waals surface area contributed by atoms with Gasteiger partial charge >= 0.3 is 5.69 Å². The van der Waals surface area contributed by atoms with Crippen molar-refractivity contribution >= 4 is 23.4 Å². The lowest BCUT2D eigenvalue weighted by molar-refractivity contribution is 0.478. The van der Waals surface area contributed by atoms with Crippen LogP contribution in [0.2, 0.25) is 0 Å². The molecule has 0 spiro atoms. The second kappa shape index (κ2) is 6.85. The highest BCUT2D eigenvalue weighted by atomic mass is 35.5. The van der Waals surface area contributed by atoms with Crippen LogP contribution in [0.3, 0.4) is 0 Å². The summed E-state index contributed by atoms with van der Waals surface area (Å²) < 4.78 is 3.18. The van der Waals surface area contributed by atoms with E-state index in [4.69, 9.17) is 11.6 Å². The molecule has 112 valence electrons. The van der Waals surface area contributed by atoms with E-state index >= 15 is 0 Å². The van der Waals surface area contributed by atoms with Gasteiger partial charge in [0.2, 0.25) is 0 Å². The number of alkyl halides is 1. The van der Waals surface area contributed by atoms with Crippen molar-refractivity contribution in [3.8, 4) is 0 Å². The molecular weight excluding hydrogens is 296 g/mol. The van der Waals surface area contributed by atoms with E-state index in [1.165, 1.54) is 4.57 Å². The summed E-state index contributed by atoms with van der Waals surface area (Å²) in [6.45, 7) is 5.21. The van der Waals surface area contributed by atoms with E-state index in [0.29, 0.717) is 12.4 Å². The fourth-order valence-electron chi connectivity index (χ4n) is 2.50. The highest BCUT2D eigenvalue weighted by molar-refractivity contribution is 7.99. The van der Waals surface area contributed by atoms with Crippen LogP contribution in [0.15, 0.2) is 14.6 Å². The molecule has 0 amide bonds. The Morgan fingerprint density at radius 3 is 2.70 bits per heavy atom. The minimum atomic E-state index is -0.156. The summed E-state index contributed by atoms with van der Waals surface area (Å²) in [4.78, 5) is 25.1. The molecule has 2 heterocycles. The zero-order valence-corrected chi connectivity index (χ0v) is 13.6. The lowest BCUT2D eigenvalue weighted by atomic mass is 10.1. The molecule has 2 rings (SSSR count). The van der Waals surface area contributed by atoms with Gasteiger partial charge in [-0.15, -0.1) is 23.4 Å². The van der Waals surface area contributed by atoms with Gasteiger partial charge in [0.05, 0.1) is 10.6 Å². The molecule has 0 N–H and O–H groups in total. The fourth-order valence-corrected chi connectivity index (χ4v) is 3.96. The third-order valence-electron chi connectivity index (χ3n) is 3.52. The average molecular weight is 317 g/mol. The normalized spacial score (nSPS) is 14.6. The van der Waals surface area contributed by atoms with Crippen molar-refractivity contribution in [2.75, 3.05) is 11.6 Å². The quantitative estimate of drug-likeness (QED) is 0.476. The summed E-state index contributed by atoms with van der Waals surface area (Å²) in [5, 5.41) is 0.884. The third kappa shape index (κ3) is 2.98. The first-order valence-corrected chi connectivity index (χ1v) is 8.66. The minimum Gasteiger partial charge on any atom is -0.288 e. The average Bonchev–Trinajstić information content (AvgIpc) is 2.42. The second-order valence-electron chi connectivity index (χ2n) is 5.36. The molecule has 0 unspecified atom stereocenters. The molecule has 0 radical (unpaired) electrons. The van der Waals surface area contributed by atoms with Crippen molar-refractivity contribution < 1.29 is 0 Å². The number of halogens is 1. The van der Waals surface area contributed by atoms with Gasteiger partial charge < -0.3 is 0 Å². The van der Waals surface area contributed by atoms with Crippen molar-refractivity contribution in [3.63, 3.8) is 0 Å². The van der Waals surface area contributed by atoms with Crippen molar-refractivity contribution in [3.05, 3.63) is 26.4 Å². The topological polar surface area (TPSA) is 44.0 Å². The first-order valence-electron chi connectivity index (χ1n) is 7.14. The molecule has 1 aliphatic rings. The van der Waals surface area contributed by atoms with Gasteiger partial charge in [0.15, 0.2) is 0 Å². The summed E-state index contributed by atoms with van der Waals surface area (Å²) in [7, 11) is 0. The molecule has 0 aliphatic carbocycles. The number of nitrogens with zero attached hydrogens (tertiary/aromatic N) is 2. The molecule has 1 aromatic rings. The molecule has 0 fully saturated rings. The maximum Gasteiger partial charge on any atom is 0.331 e. The standard InChI is InChI=1S/C14H21ClN2O2S/c1-10(2)11-12(18)16(7-4-3-6-15)14(19)17-8-5-9-20-13(11)17/h10H,3-9H2,1-2H3. The summed E-state index contributed by atoms with van der Waals surface area (Å²) in [6.07, 6.45) is 2.57. The van der Waals surface area contributed by atoms with E-state index in [0.717, 1.165) is 42.1 Å². The predicted molar refractivity (Wildman–Crippen MR) is 84.3 cm³/mol. The van der Waals surface area contributed by atoms with Crippen LogP contribution in [0.4, 0.5) is 0 Å². The van der Waals surface area contributed by atoms with Gasteiger partial charge in [0, 0.05) is 24.7 Å². The van der Waals surface area contributed by atoms with Gasteiger partial charge in [-0.2, -0.15) is 0 Å². The Hall–Kier alpha value is -0.680. The monoisotopic (exact) mass is 316 g/mol. The van der Waals surface area contributed by atoms with E-state index in [1.807, 2.05) is 13.8 Å². The summed E-state index contributed by atoms with van der Waals surface area (Å²) in [6, 6.07) is 0. The molecule has 0 bridgehead atoms. The lowest BCUT2D eigenvalue weighted by Gasteiger charge is -2.23. The zero-order chi connectivity index (χ0) is 14.7. The Balaban J connectivity index is 2.55. The summed E-state index contributed by atoms with van der Waals surface area (Å²) >= 11 is 7.31. The highest BCUT2D eigenvalue weighted by Gasteiger charge is 2.23. The van der Waals surface area contributed by atoms with Crippen molar-refractivity contribution in [1.29, 1.82) is 0 Å². The molecule has 1 aromatic heterocycles. The zero-order valence-electron chi connectivity index (χ0n) is 12.0. The van der Waals surface area contributed by atoms with E-state index < -0.39 is 0 Å². The van der Waals surface area contributed by atoms with Gasteiger partial charge in [-0.25, -0.2) is 4.79 Å². The molecule has 20 heavy (non-hydrogen) atoms. The van der Waals surface area contributed by atoms with Crippen LogP contribution in [0, 0.1) is 0 Å². The van der Waals surface area contributed by atoms with E-state index in [-0.39, 0.29) is 17.2 Å². The van der Waals surface area contributed by atoms with E-state index in [1.54, 1.807) is 16.3 Å². The minimum absolute atomic E-state index is 0.111. The second-order valence-corrected chi connectivity index (χ2v) is 6.82. The van der Waals surface area contributed by atoms with Gasteiger partial charge in [-0.3, -0.25) is 13.9 Å². The summed E-state index contributed by atoms with van der Waals surface area (Å²) in [5.74, 6) is 1.68. The Morgan fingerprint density at radius 1 is 1.30 bits per heavy atom. The van der Waals surface area contributed by atoms with Gasteiger partial charge in [-0.05, 0) is 25.2 Å². The van der Waals surface area contributed by atoms with E-state index in [2.05, 4.69) is 0 Å². The van der Waals surface area contributed by atoms with Crippen molar-refractivity contribution in [1.82, 2.24) is 9.13 Å². The number of fused-ring (bicyclic) bond motifs is 1. The predicted octanol–water partition coefficient (Wildman–Crippen LogP) is 2.65. The van der Waals surface area contributed by atoms with Crippen LogP contribution in [0.5, 0.6) is 0 Å². The molecule has 6 heteroatoms. The van der Waals surface area contributed by atoms with E-state index in [9.17, 15) is 9.59 Å². The number of rotatable bonds is 5. The largest absolute Gasteiger partial charge is 0.331 e. The molecule has 1 aliphatic heterocycles. The third-order valence-corrected chi connectivity index (χ3v) is 4.99. The molecule has 0 atom stereocenters. The van der Waals surface area contributed by atoms with Crippen LogP contribution in [-0.4, -0.2) is 20.8 Å². The van der Waals surface area contributed by atoms with Crippen LogP contribution >= 0.6 is 23.4 Å². The highest BCUT2D eigenvalue weighted by Crippen LogP contribution is 2.28. The molecule has 0 saturated heterocycles. The van der Waals surface area contributed by atoms with Crippen LogP contribution in [0.1, 0.15) is 44.6 Å². The number of aromatic nitrogens is 2. The smallest absolute Gasteiger partial charge is 0.288 e. The first-order chi connectivity index (χ1) is 9.57. The number of hydrogen-bond donors (Lipinski definition) is 0. The van der Waals surface area contributed by atoms with Crippen molar-refractivity contribution in [2.45, 2.75) is 57.1 Å². The fraction of sp³-hybridized carbons (Fsp3) is 0.714. The summed E-state index contributed by atoms with van der Waals surface area (Å²) in [5.41, 5.74) is 0.525. The van der Waals surface area contributed by atoms with Gasteiger partial charge in [-0.1, -0.05) is 13.8 Å². The van der Waals surface area contributed by atoms with Crippen LogP contribution < -0.4 is 11.2 Å².